The second-order valence-corrected chi connectivity index (χ2v) is 3.66. The third kappa shape index (κ3) is 3.10. The first kappa shape index (κ1) is 10.6. The molecule has 0 saturated heterocycles. The molecule has 0 amide bonds. The fourth-order valence-corrected chi connectivity index (χ4v) is 1.27. The standard InChI is InChI=1S/C12H15NO/c1-9-4-10(2)6-12(5-9)14-8-11(3)7-13/h4-6,11H,8H2,1-3H3. The number of hydrogen-bond acceptors (Lipinski definition) is 2. The van der Waals surface area contributed by atoms with Crippen molar-refractivity contribution in [2.24, 2.45) is 5.92 Å². The summed E-state index contributed by atoms with van der Waals surface area (Å²) in [6, 6.07) is 8.20. The van der Waals surface area contributed by atoms with Crippen LogP contribution < -0.4 is 4.74 Å². The van der Waals surface area contributed by atoms with Gasteiger partial charge in [-0.3, -0.25) is 0 Å². The lowest BCUT2D eigenvalue weighted by Crippen LogP contribution is -2.06. The van der Waals surface area contributed by atoms with E-state index in [2.05, 4.69) is 12.1 Å². The number of rotatable bonds is 3. The highest BCUT2D eigenvalue weighted by Gasteiger charge is 2.01. The highest BCUT2D eigenvalue weighted by Crippen LogP contribution is 2.16. The van der Waals surface area contributed by atoms with Crippen molar-refractivity contribution in [3.8, 4) is 11.8 Å². The molecule has 0 spiro atoms. The molecule has 0 aliphatic carbocycles. The van der Waals surface area contributed by atoms with Crippen LogP contribution in [0.2, 0.25) is 0 Å². The predicted molar refractivity (Wildman–Crippen MR) is 56.2 cm³/mol. The molecule has 1 unspecified atom stereocenters. The van der Waals surface area contributed by atoms with Crippen molar-refractivity contribution in [1.82, 2.24) is 0 Å². The molecule has 1 rings (SSSR count). The highest BCUT2D eigenvalue weighted by atomic mass is 16.5. The normalized spacial score (nSPS) is 11.9. The Hall–Kier alpha value is -1.49. The maximum Gasteiger partial charge on any atom is 0.119 e. The van der Waals surface area contributed by atoms with Crippen molar-refractivity contribution in [2.75, 3.05) is 6.61 Å². The summed E-state index contributed by atoms with van der Waals surface area (Å²) in [5.41, 5.74) is 2.37. The SMILES string of the molecule is Cc1cc(C)cc(OCC(C)C#N)c1. The fraction of sp³-hybridized carbons (Fsp3) is 0.417. The van der Waals surface area contributed by atoms with Gasteiger partial charge >= 0.3 is 0 Å². The molecule has 0 aliphatic rings. The van der Waals surface area contributed by atoms with E-state index in [1.54, 1.807) is 0 Å². The maximum atomic E-state index is 8.59. The van der Waals surface area contributed by atoms with Crippen molar-refractivity contribution in [1.29, 1.82) is 5.26 Å². The van der Waals surface area contributed by atoms with Gasteiger partial charge in [0.2, 0.25) is 0 Å². The van der Waals surface area contributed by atoms with Crippen molar-refractivity contribution >= 4 is 0 Å². The molecule has 0 N–H and O–H groups in total. The Bertz CT molecular complexity index is 332. The largest absolute Gasteiger partial charge is 0.492 e. The van der Waals surface area contributed by atoms with Gasteiger partial charge in [-0.1, -0.05) is 6.07 Å². The van der Waals surface area contributed by atoms with Crippen LogP contribution in [0.4, 0.5) is 0 Å². The summed E-state index contributed by atoms with van der Waals surface area (Å²) in [5.74, 6) is 0.792. The van der Waals surface area contributed by atoms with Gasteiger partial charge in [-0.05, 0) is 44.0 Å². The minimum absolute atomic E-state index is 0.0594. The summed E-state index contributed by atoms with van der Waals surface area (Å²) in [6.45, 7) is 6.38. The monoisotopic (exact) mass is 189 g/mol. The van der Waals surface area contributed by atoms with E-state index in [4.69, 9.17) is 10.00 Å². The first-order valence-electron chi connectivity index (χ1n) is 4.72. The van der Waals surface area contributed by atoms with Crippen molar-refractivity contribution in [3.63, 3.8) is 0 Å². The molecule has 0 aliphatic heterocycles. The van der Waals surface area contributed by atoms with Gasteiger partial charge in [-0.15, -0.1) is 0 Å². The van der Waals surface area contributed by atoms with Crippen LogP contribution in [0.1, 0.15) is 18.1 Å². The Morgan fingerprint density at radius 3 is 2.36 bits per heavy atom. The Kier molecular flexibility index (Phi) is 3.53. The van der Waals surface area contributed by atoms with E-state index in [9.17, 15) is 0 Å². The first-order chi connectivity index (χ1) is 6.61. The molecule has 0 heterocycles. The van der Waals surface area contributed by atoms with Crippen molar-refractivity contribution in [3.05, 3.63) is 29.3 Å². The summed E-state index contributed by atoms with van der Waals surface area (Å²) in [7, 11) is 0. The Balaban J connectivity index is 2.64. The van der Waals surface area contributed by atoms with Crippen molar-refractivity contribution < 1.29 is 4.74 Å². The molecule has 1 atom stereocenters. The third-order valence-electron chi connectivity index (χ3n) is 1.92. The van der Waals surface area contributed by atoms with Crippen LogP contribution in [0.3, 0.4) is 0 Å². The van der Waals surface area contributed by atoms with Crippen LogP contribution in [-0.4, -0.2) is 6.61 Å². The van der Waals surface area contributed by atoms with Crippen LogP contribution in [0.5, 0.6) is 5.75 Å². The van der Waals surface area contributed by atoms with Gasteiger partial charge in [-0.25, -0.2) is 0 Å². The zero-order chi connectivity index (χ0) is 10.6. The average Bonchev–Trinajstić information content (AvgIpc) is 2.12. The van der Waals surface area contributed by atoms with E-state index in [0.29, 0.717) is 6.61 Å². The van der Waals surface area contributed by atoms with Crippen molar-refractivity contribution in [2.45, 2.75) is 20.8 Å². The molecule has 0 aromatic heterocycles. The van der Waals surface area contributed by atoms with Gasteiger partial charge in [0, 0.05) is 0 Å². The van der Waals surface area contributed by atoms with E-state index >= 15 is 0 Å². The van der Waals surface area contributed by atoms with E-state index in [1.807, 2.05) is 32.9 Å². The molecular formula is C12H15NO. The molecule has 74 valence electrons. The van der Waals surface area contributed by atoms with Gasteiger partial charge < -0.3 is 4.74 Å². The van der Waals surface area contributed by atoms with Gasteiger partial charge in [0.25, 0.3) is 0 Å². The molecule has 14 heavy (non-hydrogen) atoms. The second kappa shape index (κ2) is 4.66. The molecule has 0 fully saturated rings. The van der Waals surface area contributed by atoms with Gasteiger partial charge in [0.15, 0.2) is 0 Å². The smallest absolute Gasteiger partial charge is 0.119 e. The molecule has 0 saturated carbocycles. The maximum absolute atomic E-state index is 8.59. The topological polar surface area (TPSA) is 33.0 Å². The average molecular weight is 189 g/mol. The third-order valence-corrected chi connectivity index (χ3v) is 1.92. The molecule has 0 radical (unpaired) electrons. The van der Waals surface area contributed by atoms with E-state index in [1.165, 1.54) is 11.1 Å². The molecule has 0 bridgehead atoms. The lowest BCUT2D eigenvalue weighted by molar-refractivity contribution is 0.288. The number of benzene rings is 1. The van der Waals surface area contributed by atoms with Crippen LogP contribution >= 0.6 is 0 Å². The molecule has 2 heteroatoms. The van der Waals surface area contributed by atoms with Gasteiger partial charge in [-0.2, -0.15) is 5.26 Å². The number of hydrogen-bond donors (Lipinski definition) is 0. The first-order valence-corrected chi connectivity index (χ1v) is 4.72. The van der Waals surface area contributed by atoms with Gasteiger partial charge in [0.05, 0.1) is 12.0 Å². The van der Waals surface area contributed by atoms with E-state index < -0.39 is 0 Å². The summed E-state index contributed by atoms with van der Waals surface area (Å²) >= 11 is 0. The second-order valence-electron chi connectivity index (χ2n) is 3.66. The van der Waals surface area contributed by atoms with Gasteiger partial charge in [0.1, 0.15) is 12.4 Å². The van der Waals surface area contributed by atoms with Crippen LogP contribution in [0, 0.1) is 31.1 Å². The molecule has 1 aromatic rings. The predicted octanol–water partition coefficient (Wildman–Crippen LogP) is 2.84. The zero-order valence-electron chi connectivity index (χ0n) is 8.87. The molecule has 2 nitrogen and oxygen atoms in total. The number of aryl methyl sites for hydroxylation is 2. The van der Waals surface area contributed by atoms with Crippen LogP contribution in [0.25, 0.3) is 0 Å². The summed E-state index contributed by atoms with van der Waals surface area (Å²) in [6.07, 6.45) is 0. The lowest BCUT2D eigenvalue weighted by Gasteiger charge is -2.08. The molecular weight excluding hydrogens is 174 g/mol. The van der Waals surface area contributed by atoms with E-state index in [0.717, 1.165) is 5.75 Å². The van der Waals surface area contributed by atoms with E-state index in [-0.39, 0.29) is 5.92 Å². The quantitative estimate of drug-likeness (QED) is 0.732. The zero-order valence-corrected chi connectivity index (χ0v) is 8.87. The Morgan fingerprint density at radius 2 is 1.86 bits per heavy atom. The Morgan fingerprint density at radius 1 is 1.29 bits per heavy atom. The summed E-state index contributed by atoms with van der Waals surface area (Å²) < 4.78 is 5.50. The summed E-state index contributed by atoms with van der Waals surface area (Å²) in [4.78, 5) is 0. The Labute approximate surface area is 85.1 Å². The highest BCUT2D eigenvalue weighted by molar-refractivity contribution is 5.32. The minimum atomic E-state index is -0.0594. The number of nitrogens with zero attached hydrogens (tertiary/aromatic N) is 1. The van der Waals surface area contributed by atoms with Crippen LogP contribution in [-0.2, 0) is 0 Å². The van der Waals surface area contributed by atoms with Crippen LogP contribution in [0.15, 0.2) is 18.2 Å². The fourth-order valence-electron chi connectivity index (χ4n) is 1.27. The minimum Gasteiger partial charge on any atom is -0.492 e. The number of nitriles is 1. The summed E-state index contributed by atoms with van der Waals surface area (Å²) in [5, 5.41) is 8.59. The molecule has 1 aromatic carbocycles. The lowest BCUT2D eigenvalue weighted by atomic mass is 10.1. The number of ether oxygens (including phenoxy) is 1.